The van der Waals surface area contributed by atoms with Gasteiger partial charge in [-0.15, -0.1) is 0 Å². The highest BCUT2D eigenvalue weighted by molar-refractivity contribution is 6.34. The zero-order chi connectivity index (χ0) is 16.0. The van der Waals surface area contributed by atoms with E-state index in [1.54, 1.807) is 0 Å². The van der Waals surface area contributed by atoms with E-state index in [-0.39, 0.29) is 29.1 Å². The number of carbonyl (C=O) groups is 2. The maximum Gasteiger partial charge on any atom is 0.251 e. The van der Waals surface area contributed by atoms with Crippen molar-refractivity contribution in [2.24, 2.45) is 11.7 Å². The molecule has 0 aliphatic carbocycles. The summed E-state index contributed by atoms with van der Waals surface area (Å²) in [4.78, 5) is 23.2. The molecule has 4 N–H and O–H groups in total. The first-order valence-electron chi connectivity index (χ1n) is 6.90. The zero-order valence-corrected chi connectivity index (χ0v) is 13.0. The number of aliphatic hydroxyl groups is 1. The molecule has 0 heterocycles. The van der Waals surface area contributed by atoms with Gasteiger partial charge in [0.1, 0.15) is 0 Å². The van der Waals surface area contributed by atoms with Crippen LogP contribution in [-0.4, -0.2) is 29.6 Å². The van der Waals surface area contributed by atoms with Crippen LogP contribution >= 0.6 is 11.6 Å². The number of rotatable bonds is 7. The maximum absolute atomic E-state index is 12.1. The summed E-state index contributed by atoms with van der Waals surface area (Å²) in [5, 5.41) is 12.2. The molecule has 0 aliphatic rings. The van der Waals surface area contributed by atoms with Gasteiger partial charge in [-0.2, -0.15) is 0 Å². The van der Waals surface area contributed by atoms with Gasteiger partial charge in [-0.3, -0.25) is 9.59 Å². The lowest BCUT2D eigenvalue weighted by Crippen LogP contribution is -2.38. The van der Waals surface area contributed by atoms with Gasteiger partial charge in [-0.1, -0.05) is 31.9 Å². The topological polar surface area (TPSA) is 92.4 Å². The maximum atomic E-state index is 12.1. The van der Waals surface area contributed by atoms with E-state index in [4.69, 9.17) is 17.3 Å². The van der Waals surface area contributed by atoms with E-state index in [0.29, 0.717) is 17.9 Å². The van der Waals surface area contributed by atoms with Gasteiger partial charge in [-0.05, 0) is 30.5 Å². The predicted molar refractivity (Wildman–Crippen MR) is 82.4 cm³/mol. The molecule has 0 radical (unpaired) electrons. The summed E-state index contributed by atoms with van der Waals surface area (Å²) in [7, 11) is 0. The van der Waals surface area contributed by atoms with Crippen molar-refractivity contribution in [2.75, 3.05) is 6.61 Å². The molecule has 6 heteroatoms. The Balaban J connectivity index is 2.79. The molecule has 0 saturated heterocycles. The summed E-state index contributed by atoms with van der Waals surface area (Å²) in [6.45, 7) is 4.00. The molecule has 0 aliphatic heterocycles. The number of benzene rings is 1. The number of primary amides is 1. The van der Waals surface area contributed by atoms with Crippen molar-refractivity contribution in [1.82, 2.24) is 5.32 Å². The largest absolute Gasteiger partial charge is 0.394 e. The third-order valence-corrected chi connectivity index (χ3v) is 3.75. The van der Waals surface area contributed by atoms with Crippen LogP contribution in [0.1, 0.15) is 47.4 Å². The molecule has 0 bridgehead atoms. The van der Waals surface area contributed by atoms with E-state index >= 15 is 0 Å². The smallest absolute Gasteiger partial charge is 0.251 e. The predicted octanol–water partition coefficient (Wildman–Crippen LogP) is 1.97. The van der Waals surface area contributed by atoms with Crippen LogP contribution in [0.5, 0.6) is 0 Å². The van der Waals surface area contributed by atoms with Gasteiger partial charge in [0.2, 0.25) is 5.91 Å². The highest BCUT2D eigenvalue weighted by Crippen LogP contribution is 2.18. The van der Waals surface area contributed by atoms with Crippen LogP contribution < -0.4 is 11.1 Å². The number of hydrogen-bond donors (Lipinski definition) is 3. The number of nitrogens with two attached hydrogens (primary N) is 1. The second kappa shape index (κ2) is 8.00. The lowest BCUT2D eigenvalue weighted by atomic mass is 9.99. The molecular formula is C15H21ClN2O3. The monoisotopic (exact) mass is 312 g/mol. The second-order valence-electron chi connectivity index (χ2n) is 5.16. The van der Waals surface area contributed by atoms with E-state index in [2.05, 4.69) is 19.2 Å². The van der Waals surface area contributed by atoms with E-state index in [9.17, 15) is 14.7 Å². The van der Waals surface area contributed by atoms with Gasteiger partial charge in [0.05, 0.1) is 23.2 Å². The fourth-order valence-electron chi connectivity index (χ4n) is 1.96. The van der Waals surface area contributed by atoms with Gasteiger partial charge in [0.15, 0.2) is 0 Å². The summed E-state index contributed by atoms with van der Waals surface area (Å²) >= 11 is 5.92. The zero-order valence-electron chi connectivity index (χ0n) is 12.2. The third kappa shape index (κ3) is 5.02. The molecule has 2 unspecified atom stereocenters. The van der Waals surface area contributed by atoms with Crippen molar-refractivity contribution in [1.29, 1.82) is 0 Å². The van der Waals surface area contributed by atoms with Crippen molar-refractivity contribution in [3.05, 3.63) is 34.3 Å². The molecule has 1 aromatic rings. The SMILES string of the molecule is CCC(C)CC(CO)NC(=O)c1ccc(C(N)=O)c(Cl)c1. The van der Waals surface area contributed by atoms with Crippen molar-refractivity contribution < 1.29 is 14.7 Å². The minimum Gasteiger partial charge on any atom is -0.394 e. The van der Waals surface area contributed by atoms with Gasteiger partial charge in [0.25, 0.3) is 5.91 Å². The Morgan fingerprint density at radius 3 is 2.57 bits per heavy atom. The average molecular weight is 313 g/mol. The first kappa shape index (κ1) is 17.5. The molecule has 1 rings (SSSR count). The number of carbonyl (C=O) groups excluding carboxylic acids is 2. The summed E-state index contributed by atoms with van der Waals surface area (Å²) in [5.74, 6) is -0.574. The molecule has 5 nitrogen and oxygen atoms in total. The Labute approximate surface area is 129 Å². The Hall–Kier alpha value is -1.59. The number of aliphatic hydroxyl groups excluding tert-OH is 1. The fraction of sp³-hybridized carbons (Fsp3) is 0.467. The normalized spacial score (nSPS) is 13.5. The van der Waals surface area contributed by atoms with Crippen molar-refractivity contribution in [3.63, 3.8) is 0 Å². The van der Waals surface area contributed by atoms with Crippen LogP contribution in [0.3, 0.4) is 0 Å². The third-order valence-electron chi connectivity index (χ3n) is 3.44. The molecular weight excluding hydrogens is 292 g/mol. The fourth-order valence-corrected chi connectivity index (χ4v) is 2.23. The molecule has 0 saturated carbocycles. The van der Waals surface area contributed by atoms with Crippen molar-refractivity contribution >= 4 is 23.4 Å². The Kier molecular flexibility index (Phi) is 6.65. The number of nitrogens with one attached hydrogen (secondary N) is 1. The molecule has 2 amide bonds. The summed E-state index contributed by atoms with van der Waals surface area (Å²) < 4.78 is 0. The lowest BCUT2D eigenvalue weighted by Gasteiger charge is -2.19. The average Bonchev–Trinajstić information content (AvgIpc) is 2.45. The molecule has 0 spiro atoms. The Morgan fingerprint density at radius 1 is 1.43 bits per heavy atom. The van der Waals surface area contributed by atoms with Crippen LogP contribution in [0.15, 0.2) is 18.2 Å². The van der Waals surface area contributed by atoms with Crippen LogP contribution in [0, 0.1) is 5.92 Å². The Bertz CT molecular complexity index is 520. The van der Waals surface area contributed by atoms with Gasteiger partial charge < -0.3 is 16.2 Å². The summed E-state index contributed by atoms with van der Waals surface area (Å²) in [6.07, 6.45) is 1.68. The van der Waals surface area contributed by atoms with Crippen LogP contribution in [0.25, 0.3) is 0 Å². The summed E-state index contributed by atoms with van der Waals surface area (Å²) in [6, 6.07) is 4.00. The Morgan fingerprint density at radius 2 is 2.10 bits per heavy atom. The quantitative estimate of drug-likeness (QED) is 0.718. The molecule has 0 fully saturated rings. The van der Waals surface area contributed by atoms with Crippen molar-refractivity contribution in [3.8, 4) is 0 Å². The van der Waals surface area contributed by atoms with Crippen LogP contribution in [0.4, 0.5) is 0 Å². The highest BCUT2D eigenvalue weighted by atomic mass is 35.5. The minimum atomic E-state index is -0.642. The molecule has 0 aromatic heterocycles. The van der Waals surface area contributed by atoms with Gasteiger partial charge >= 0.3 is 0 Å². The van der Waals surface area contributed by atoms with E-state index in [1.165, 1.54) is 18.2 Å². The minimum absolute atomic E-state index is 0.122. The standard InChI is InChI=1S/C15H21ClN2O3/c1-3-9(2)6-11(8-19)18-15(21)10-4-5-12(14(17)20)13(16)7-10/h4-5,7,9,11,19H,3,6,8H2,1-2H3,(H2,17,20)(H,18,21). The van der Waals surface area contributed by atoms with Gasteiger partial charge in [-0.25, -0.2) is 0 Å². The van der Waals surface area contributed by atoms with Crippen LogP contribution in [-0.2, 0) is 0 Å². The first-order valence-corrected chi connectivity index (χ1v) is 7.27. The highest BCUT2D eigenvalue weighted by Gasteiger charge is 2.17. The first-order chi connectivity index (χ1) is 9.88. The van der Waals surface area contributed by atoms with E-state index < -0.39 is 5.91 Å². The van der Waals surface area contributed by atoms with Crippen LogP contribution in [0.2, 0.25) is 5.02 Å². The van der Waals surface area contributed by atoms with E-state index in [0.717, 1.165) is 6.42 Å². The number of amides is 2. The molecule has 2 atom stereocenters. The van der Waals surface area contributed by atoms with E-state index in [1.807, 2.05) is 0 Å². The van der Waals surface area contributed by atoms with Gasteiger partial charge in [0, 0.05) is 5.56 Å². The molecule has 21 heavy (non-hydrogen) atoms. The summed E-state index contributed by atoms with van der Waals surface area (Å²) in [5.41, 5.74) is 5.66. The molecule has 116 valence electrons. The number of hydrogen-bond acceptors (Lipinski definition) is 3. The number of halogens is 1. The second-order valence-corrected chi connectivity index (χ2v) is 5.57. The lowest BCUT2D eigenvalue weighted by molar-refractivity contribution is 0.0905. The molecule has 1 aromatic carbocycles. The van der Waals surface area contributed by atoms with Crippen molar-refractivity contribution in [2.45, 2.75) is 32.7 Å².